The van der Waals surface area contributed by atoms with Gasteiger partial charge in [-0.1, -0.05) is 85.3 Å². The standard InChI is InChI=1S/C29H30Cl2N2O3/c30-24-14-12-20(18-25(24)31)23-17-21(13-15-27(23)34)28(35)33-26(16-19-8-4-3-5-9-19)29(36)32-22-10-6-1-2-7-11-22/h3-5,8-9,12-15,17-18,22,26,34H,1-2,6-7,10-11,16H2,(H,32,36)(H,33,35)/t26-/m0/s1. The molecule has 0 saturated heterocycles. The van der Waals surface area contributed by atoms with Crippen molar-refractivity contribution < 1.29 is 14.7 Å². The molecule has 7 heteroatoms. The van der Waals surface area contributed by atoms with Crippen molar-refractivity contribution in [2.24, 2.45) is 0 Å². The number of carbonyl (C=O) groups excluding carboxylic acids is 2. The third-order valence-corrected chi connectivity index (χ3v) is 7.33. The Hall–Kier alpha value is -3.02. The number of hydrogen-bond donors (Lipinski definition) is 3. The van der Waals surface area contributed by atoms with Crippen molar-refractivity contribution >= 4 is 35.0 Å². The van der Waals surface area contributed by atoms with Crippen LogP contribution in [0.25, 0.3) is 11.1 Å². The summed E-state index contributed by atoms with van der Waals surface area (Å²) in [6.45, 7) is 0. The number of rotatable bonds is 7. The van der Waals surface area contributed by atoms with Crippen LogP contribution in [-0.4, -0.2) is 29.0 Å². The minimum absolute atomic E-state index is 0.0110. The van der Waals surface area contributed by atoms with Gasteiger partial charge in [-0.05, 0) is 54.3 Å². The number of halogens is 2. The maximum atomic E-state index is 13.3. The van der Waals surface area contributed by atoms with E-state index in [-0.39, 0.29) is 17.7 Å². The summed E-state index contributed by atoms with van der Waals surface area (Å²) >= 11 is 12.2. The van der Waals surface area contributed by atoms with Gasteiger partial charge in [-0.25, -0.2) is 0 Å². The predicted molar refractivity (Wildman–Crippen MR) is 145 cm³/mol. The molecule has 0 heterocycles. The first-order valence-electron chi connectivity index (χ1n) is 12.3. The zero-order chi connectivity index (χ0) is 25.5. The quantitative estimate of drug-likeness (QED) is 0.306. The average molecular weight is 525 g/mol. The Morgan fingerprint density at radius 2 is 1.61 bits per heavy atom. The van der Waals surface area contributed by atoms with Crippen molar-refractivity contribution in [2.75, 3.05) is 0 Å². The number of amides is 2. The molecule has 0 spiro atoms. The van der Waals surface area contributed by atoms with Crippen LogP contribution in [0.2, 0.25) is 10.0 Å². The minimum atomic E-state index is -0.731. The summed E-state index contributed by atoms with van der Waals surface area (Å²) in [5.74, 6) is -0.562. The van der Waals surface area contributed by atoms with Gasteiger partial charge in [-0.15, -0.1) is 0 Å². The van der Waals surface area contributed by atoms with Crippen LogP contribution >= 0.6 is 23.2 Å². The molecule has 1 aliphatic carbocycles. The molecule has 3 N–H and O–H groups in total. The number of nitrogens with one attached hydrogen (secondary N) is 2. The maximum Gasteiger partial charge on any atom is 0.251 e. The zero-order valence-corrected chi connectivity index (χ0v) is 21.5. The highest BCUT2D eigenvalue weighted by atomic mass is 35.5. The first-order valence-corrected chi connectivity index (χ1v) is 13.1. The van der Waals surface area contributed by atoms with Gasteiger partial charge >= 0.3 is 0 Å². The Morgan fingerprint density at radius 3 is 2.31 bits per heavy atom. The Morgan fingerprint density at radius 1 is 0.889 bits per heavy atom. The summed E-state index contributed by atoms with van der Waals surface area (Å²) in [4.78, 5) is 26.6. The summed E-state index contributed by atoms with van der Waals surface area (Å²) in [6, 6.07) is 18.6. The van der Waals surface area contributed by atoms with E-state index < -0.39 is 11.9 Å². The first-order chi connectivity index (χ1) is 17.4. The van der Waals surface area contributed by atoms with E-state index in [4.69, 9.17) is 23.2 Å². The van der Waals surface area contributed by atoms with Crippen LogP contribution in [0.4, 0.5) is 0 Å². The molecule has 2 amide bonds. The third-order valence-electron chi connectivity index (χ3n) is 6.60. The first kappa shape index (κ1) is 26.1. The number of phenols is 1. The molecule has 5 nitrogen and oxygen atoms in total. The molecule has 1 atom stereocenters. The highest BCUT2D eigenvalue weighted by Crippen LogP contribution is 2.34. The molecule has 1 fully saturated rings. The topological polar surface area (TPSA) is 78.4 Å². The van der Waals surface area contributed by atoms with Crippen molar-refractivity contribution in [3.8, 4) is 16.9 Å². The van der Waals surface area contributed by atoms with E-state index in [0.717, 1.165) is 31.2 Å². The number of carbonyl (C=O) groups is 2. The van der Waals surface area contributed by atoms with Crippen LogP contribution in [0.3, 0.4) is 0 Å². The van der Waals surface area contributed by atoms with Crippen LogP contribution in [-0.2, 0) is 11.2 Å². The van der Waals surface area contributed by atoms with Crippen molar-refractivity contribution in [1.29, 1.82) is 0 Å². The molecule has 0 unspecified atom stereocenters. The zero-order valence-electron chi connectivity index (χ0n) is 20.0. The van der Waals surface area contributed by atoms with E-state index >= 15 is 0 Å². The van der Waals surface area contributed by atoms with Gasteiger partial charge in [0.05, 0.1) is 10.0 Å². The van der Waals surface area contributed by atoms with E-state index in [9.17, 15) is 14.7 Å². The summed E-state index contributed by atoms with van der Waals surface area (Å²) in [5.41, 5.74) is 2.36. The molecule has 0 aromatic heterocycles. The SMILES string of the molecule is O=C(N[C@@H](Cc1ccccc1)C(=O)NC1CCCCCC1)c1ccc(O)c(-c2ccc(Cl)c(Cl)c2)c1. The van der Waals surface area contributed by atoms with Crippen LogP contribution in [0.15, 0.2) is 66.7 Å². The van der Waals surface area contributed by atoms with Gasteiger partial charge in [0.1, 0.15) is 11.8 Å². The number of hydrogen-bond acceptors (Lipinski definition) is 3. The molecule has 36 heavy (non-hydrogen) atoms. The second-order valence-corrected chi connectivity index (χ2v) is 10.1. The normalized spacial score (nSPS) is 15.1. The highest BCUT2D eigenvalue weighted by Gasteiger charge is 2.25. The minimum Gasteiger partial charge on any atom is -0.507 e. The van der Waals surface area contributed by atoms with Crippen molar-refractivity contribution in [1.82, 2.24) is 10.6 Å². The van der Waals surface area contributed by atoms with Gasteiger partial charge in [-0.2, -0.15) is 0 Å². The Labute approximate surface area is 221 Å². The van der Waals surface area contributed by atoms with Gasteiger partial charge in [0.2, 0.25) is 5.91 Å². The lowest BCUT2D eigenvalue weighted by atomic mass is 10.0. The second-order valence-electron chi connectivity index (χ2n) is 9.27. The van der Waals surface area contributed by atoms with Crippen LogP contribution < -0.4 is 10.6 Å². The van der Waals surface area contributed by atoms with Crippen molar-refractivity contribution in [3.63, 3.8) is 0 Å². The monoisotopic (exact) mass is 524 g/mol. The smallest absolute Gasteiger partial charge is 0.251 e. The lowest BCUT2D eigenvalue weighted by Gasteiger charge is -2.23. The fourth-order valence-electron chi connectivity index (χ4n) is 4.60. The molecular formula is C29H30Cl2N2O3. The number of phenolic OH excluding ortho intramolecular Hbond substituents is 1. The van der Waals surface area contributed by atoms with E-state index in [2.05, 4.69) is 10.6 Å². The second kappa shape index (κ2) is 12.3. The number of aromatic hydroxyl groups is 1. The summed E-state index contributed by atoms with van der Waals surface area (Å²) in [6.07, 6.45) is 6.89. The van der Waals surface area contributed by atoms with Crippen molar-refractivity contribution in [3.05, 3.63) is 87.9 Å². The molecule has 0 aliphatic heterocycles. The Bertz CT molecular complexity index is 1210. The summed E-state index contributed by atoms with van der Waals surface area (Å²) in [5, 5.41) is 17.3. The Balaban J connectivity index is 1.55. The van der Waals surface area contributed by atoms with Gasteiger partial charge in [0, 0.05) is 23.6 Å². The van der Waals surface area contributed by atoms with Gasteiger partial charge < -0.3 is 15.7 Å². The van der Waals surface area contributed by atoms with Gasteiger partial charge in [0.15, 0.2) is 0 Å². The van der Waals surface area contributed by atoms with E-state index in [1.165, 1.54) is 25.0 Å². The van der Waals surface area contributed by atoms with Crippen LogP contribution in [0, 0.1) is 0 Å². The molecular weight excluding hydrogens is 495 g/mol. The molecule has 0 radical (unpaired) electrons. The van der Waals surface area contributed by atoms with E-state index in [1.807, 2.05) is 30.3 Å². The van der Waals surface area contributed by atoms with E-state index in [0.29, 0.717) is 33.2 Å². The van der Waals surface area contributed by atoms with Crippen LogP contribution in [0.1, 0.15) is 54.4 Å². The fourth-order valence-corrected chi connectivity index (χ4v) is 4.90. The summed E-state index contributed by atoms with van der Waals surface area (Å²) in [7, 11) is 0. The molecule has 3 aromatic rings. The molecule has 1 saturated carbocycles. The fraction of sp³-hybridized carbons (Fsp3) is 0.310. The lowest BCUT2D eigenvalue weighted by molar-refractivity contribution is -0.123. The maximum absolute atomic E-state index is 13.3. The Kier molecular flexibility index (Phi) is 8.89. The molecule has 1 aliphatic rings. The molecule has 0 bridgehead atoms. The molecule has 4 rings (SSSR count). The number of benzene rings is 3. The highest BCUT2D eigenvalue weighted by molar-refractivity contribution is 6.42. The van der Waals surface area contributed by atoms with Gasteiger partial charge in [-0.3, -0.25) is 9.59 Å². The van der Waals surface area contributed by atoms with Crippen molar-refractivity contribution in [2.45, 2.75) is 57.0 Å². The predicted octanol–water partition coefficient (Wildman–Crippen LogP) is 6.55. The lowest BCUT2D eigenvalue weighted by Crippen LogP contribution is -2.50. The summed E-state index contributed by atoms with van der Waals surface area (Å²) < 4.78 is 0. The third kappa shape index (κ3) is 6.80. The molecule has 188 valence electrons. The largest absolute Gasteiger partial charge is 0.507 e. The average Bonchev–Trinajstić information content (AvgIpc) is 3.15. The van der Waals surface area contributed by atoms with E-state index in [1.54, 1.807) is 24.3 Å². The molecule has 3 aromatic carbocycles. The van der Waals surface area contributed by atoms with Gasteiger partial charge in [0.25, 0.3) is 5.91 Å². The van der Waals surface area contributed by atoms with Crippen LogP contribution in [0.5, 0.6) is 5.75 Å².